The Labute approximate surface area is 92.5 Å². The van der Waals surface area contributed by atoms with Gasteiger partial charge >= 0.3 is 5.97 Å². The fourth-order valence-corrected chi connectivity index (χ4v) is 0.880. The number of aliphatic hydroxyl groups is 1. The van der Waals surface area contributed by atoms with Gasteiger partial charge in [0.05, 0.1) is 6.61 Å². The molecule has 0 radical (unpaired) electrons. The van der Waals surface area contributed by atoms with Crippen molar-refractivity contribution in [1.29, 1.82) is 0 Å². The van der Waals surface area contributed by atoms with Gasteiger partial charge in [-0.25, -0.2) is 0 Å². The van der Waals surface area contributed by atoms with Crippen molar-refractivity contribution in [3.63, 3.8) is 0 Å². The number of carboxylic acids is 1. The van der Waals surface area contributed by atoms with Crippen LogP contribution in [0.4, 0.5) is 0 Å². The number of carboxylic acid groups (broad SMARTS) is 1. The van der Waals surface area contributed by atoms with Crippen LogP contribution in [0.25, 0.3) is 0 Å². The number of carbonyl (C=O) groups is 1. The minimum atomic E-state index is -0.670. The number of hydrogen-bond donors (Lipinski definition) is 3. The zero-order chi connectivity index (χ0) is 12.1. The summed E-state index contributed by atoms with van der Waals surface area (Å²) in [4.78, 5) is 10.0. The summed E-state index contributed by atoms with van der Waals surface area (Å²) >= 11 is 0. The topological polar surface area (TPSA) is 83.5 Å². The Balaban J connectivity index is 0. The third-order valence-electron chi connectivity index (χ3n) is 1.78. The molecule has 0 saturated carbocycles. The van der Waals surface area contributed by atoms with Crippen molar-refractivity contribution in [2.75, 3.05) is 6.61 Å². The highest BCUT2D eigenvalue weighted by Crippen LogP contribution is 2.04. The Morgan fingerprint density at radius 1 is 1.27 bits per heavy atom. The van der Waals surface area contributed by atoms with Crippen molar-refractivity contribution < 1.29 is 15.0 Å². The third-order valence-corrected chi connectivity index (χ3v) is 1.78. The summed E-state index contributed by atoms with van der Waals surface area (Å²) in [5, 5.41) is 16.3. The van der Waals surface area contributed by atoms with Crippen molar-refractivity contribution in [2.24, 2.45) is 5.73 Å². The molecule has 92 valence electrons. The quantitative estimate of drug-likeness (QED) is 0.570. The maximum absolute atomic E-state index is 10.0. The third kappa shape index (κ3) is 24.7. The number of aliphatic hydroxyl groups excluding tert-OH is 1. The van der Waals surface area contributed by atoms with Gasteiger partial charge in [0.1, 0.15) is 0 Å². The first-order valence-electron chi connectivity index (χ1n) is 5.62. The lowest BCUT2D eigenvalue weighted by Crippen LogP contribution is -2.18. The second kappa shape index (κ2) is 13.4. The molecule has 0 aliphatic heterocycles. The zero-order valence-electron chi connectivity index (χ0n) is 9.91. The molecule has 0 spiro atoms. The Morgan fingerprint density at radius 3 is 2.07 bits per heavy atom. The van der Waals surface area contributed by atoms with Crippen LogP contribution in [0.2, 0.25) is 0 Å². The van der Waals surface area contributed by atoms with Gasteiger partial charge in [-0.15, -0.1) is 0 Å². The Bertz CT molecular complexity index is 138. The average molecular weight is 219 g/mol. The number of rotatable bonds is 7. The number of hydrogen-bond acceptors (Lipinski definition) is 3. The number of nitrogens with two attached hydrogens (primary N) is 1. The molecule has 4 N–H and O–H groups in total. The van der Waals surface area contributed by atoms with E-state index in [1.54, 1.807) is 6.92 Å². The van der Waals surface area contributed by atoms with E-state index in [1.807, 2.05) is 0 Å². The highest BCUT2D eigenvalue weighted by atomic mass is 16.4. The highest BCUT2D eigenvalue weighted by Gasteiger charge is 1.94. The summed E-state index contributed by atoms with van der Waals surface area (Å²) < 4.78 is 0. The summed E-state index contributed by atoms with van der Waals surface area (Å²) in [7, 11) is 0. The van der Waals surface area contributed by atoms with Crippen molar-refractivity contribution in [2.45, 2.75) is 58.4 Å². The molecule has 0 aliphatic carbocycles. The van der Waals surface area contributed by atoms with Crippen LogP contribution < -0.4 is 5.73 Å². The Morgan fingerprint density at radius 2 is 1.73 bits per heavy atom. The van der Waals surface area contributed by atoms with Gasteiger partial charge in [-0.2, -0.15) is 0 Å². The molecule has 0 amide bonds. The molecule has 15 heavy (non-hydrogen) atoms. The minimum absolute atomic E-state index is 0.0602. The molecule has 0 rings (SSSR count). The lowest BCUT2D eigenvalue weighted by Gasteiger charge is -1.95. The first-order chi connectivity index (χ1) is 7.04. The molecule has 0 bridgehead atoms. The molecule has 4 nitrogen and oxygen atoms in total. The predicted octanol–water partition coefficient (Wildman–Crippen LogP) is 1.76. The molecule has 0 aliphatic rings. The lowest BCUT2D eigenvalue weighted by molar-refractivity contribution is -0.137. The van der Waals surface area contributed by atoms with Crippen LogP contribution in [-0.2, 0) is 4.79 Å². The molecule has 0 aromatic carbocycles. The van der Waals surface area contributed by atoms with Crippen molar-refractivity contribution >= 4 is 5.97 Å². The SMILES string of the molecule is CC(N)CO.CCCCCCCC(=O)O. The summed E-state index contributed by atoms with van der Waals surface area (Å²) in [6.45, 7) is 3.98. The first kappa shape index (κ1) is 16.8. The van der Waals surface area contributed by atoms with Crippen LogP contribution in [0, 0.1) is 0 Å². The number of aliphatic carboxylic acids is 1. The maximum Gasteiger partial charge on any atom is 0.303 e. The maximum atomic E-state index is 10.0. The highest BCUT2D eigenvalue weighted by molar-refractivity contribution is 5.66. The van der Waals surface area contributed by atoms with Gasteiger partial charge in [0.2, 0.25) is 0 Å². The van der Waals surface area contributed by atoms with E-state index in [1.165, 1.54) is 19.3 Å². The van der Waals surface area contributed by atoms with Crippen LogP contribution in [0.15, 0.2) is 0 Å². The largest absolute Gasteiger partial charge is 0.481 e. The fourth-order valence-electron chi connectivity index (χ4n) is 0.880. The van der Waals surface area contributed by atoms with Gasteiger partial charge < -0.3 is 15.9 Å². The normalized spacial score (nSPS) is 11.5. The molecular weight excluding hydrogens is 194 g/mol. The van der Waals surface area contributed by atoms with E-state index in [0.29, 0.717) is 6.42 Å². The van der Waals surface area contributed by atoms with Crippen LogP contribution in [0.1, 0.15) is 52.4 Å². The smallest absolute Gasteiger partial charge is 0.303 e. The average Bonchev–Trinajstić information content (AvgIpc) is 2.18. The van der Waals surface area contributed by atoms with Crippen LogP contribution in [-0.4, -0.2) is 28.8 Å². The summed E-state index contributed by atoms with van der Waals surface area (Å²) in [5.74, 6) is -0.670. The van der Waals surface area contributed by atoms with Crippen LogP contribution in [0.5, 0.6) is 0 Å². The minimum Gasteiger partial charge on any atom is -0.481 e. The summed E-state index contributed by atoms with van der Waals surface area (Å²) in [5.41, 5.74) is 5.04. The molecule has 1 atom stereocenters. The Kier molecular flexibility index (Phi) is 15.0. The molecule has 0 aromatic rings. The molecule has 0 aromatic heterocycles. The predicted molar refractivity (Wildman–Crippen MR) is 61.7 cm³/mol. The van der Waals surface area contributed by atoms with Gasteiger partial charge in [0.15, 0.2) is 0 Å². The van der Waals surface area contributed by atoms with Gasteiger partial charge in [-0.1, -0.05) is 32.6 Å². The van der Waals surface area contributed by atoms with Crippen LogP contribution in [0.3, 0.4) is 0 Å². The molecule has 0 heterocycles. The van der Waals surface area contributed by atoms with Crippen molar-refractivity contribution in [3.05, 3.63) is 0 Å². The van der Waals surface area contributed by atoms with Crippen molar-refractivity contribution in [1.82, 2.24) is 0 Å². The number of unbranched alkanes of at least 4 members (excludes halogenated alkanes) is 4. The van der Waals surface area contributed by atoms with E-state index in [4.69, 9.17) is 15.9 Å². The first-order valence-corrected chi connectivity index (χ1v) is 5.62. The van der Waals surface area contributed by atoms with E-state index >= 15 is 0 Å². The Hall–Kier alpha value is -0.610. The van der Waals surface area contributed by atoms with E-state index in [9.17, 15) is 4.79 Å². The van der Waals surface area contributed by atoms with E-state index in [-0.39, 0.29) is 12.6 Å². The standard InChI is InChI=1S/C8H16O2.C3H9NO/c1-2-3-4-5-6-7-8(9)10;1-3(4)2-5/h2-7H2,1H3,(H,9,10);3,5H,2,4H2,1H3. The van der Waals surface area contributed by atoms with Gasteiger partial charge in [0, 0.05) is 12.5 Å². The molecule has 1 unspecified atom stereocenters. The van der Waals surface area contributed by atoms with Gasteiger partial charge in [-0.3, -0.25) is 4.79 Å². The lowest BCUT2D eigenvalue weighted by atomic mass is 10.1. The van der Waals surface area contributed by atoms with Gasteiger partial charge in [-0.05, 0) is 13.3 Å². The fraction of sp³-hybridized carbons (Fsp3) is 0.909. The summed E-state index contributed by atoms with van der Waals surface area (Å²) in [6, 6.07) is -0.0602. The van der Waals surface area contributed by atoms with E-state index < -0.39 is 5.97 Å². The molecule has 0 fully saturated rings. The van der Waals surface area contributed by atoms with E-state index in [0.717, 1.165) is 12.8 Å². The zero-order valence-corrected chi connectivity index (χ0v) is 9.91. The summed E-state index contributed by atoms with van der Waals surface area (Å²) in [6.07, 6.45) is 5.88. The molecule has 4 heteroatoms. The van der Waals surface area contributed by atoms with Crippen LogP contribution >= 0.6 is 0 Å². The second-order valence-corrected chi connectivity index (χ2v) is 3.72. The van der Waals surface area contributed by atoms with Gasteiger partial charge in [0.25, 0.3) is 0 Å². The second-order valence-electron chi connectivity index (χ2n) is 3.72. The monoisotopic (exact) mass is 219 g/mol. The molecule has 0 saturated heterocycles. The van der Waals surface area contributed by atoms with E-state index in [2.05, 4.69) is 6.92 Å². The molecular formula is C11H25NO3. The van der Waals surface area contributed by atoms with Crippen molar-refractivity contribution in [3.8, 4) is 0 Å².